The Kier molecular flexibility index (Phi) is 5.75. The average Bonchev–Trinajstić information content (AvgIpc) is 2.85. The summed E-state index contributed by atoms with van der Waals surface area (Å²) in [7, 11) is 1.55. The molecule has 1 saturated heterocycles. The van der Waals surface area contributed by atoms with Crippen LogP contribution in [0.2, 0.25) is 0 Å². The third kappa shape index (κ3) is 4.51. The molecule has 0 aromatic heterocycles. The van der Waals surface area contributed by atoms with Gasteiger partial charge in [-0.3, -0.25) is 9.59 Å². The third-order valence-corrected chi connectivity index (χ3v) is 2.90. The van der Waals surface area contributed by atoms with Gasteiger partial charge in [0.15, 0.2) is 6.10 Å². The molecular formula is C12H19NO6. The number of carboxylic acid groups (broad SMARTS) is 1. The lowest BCUT2D eigenvalue weighted by molar-refractivity contribution is -0.154. The minimum absolute atomic E-state index is 0.116. The molecule has 1 amide bonds. The van der Waals surface area contributed by atoms with Gasteiger partial charge in [-0.05, 0) is 19.8 Å². The van der Waals surface area contributed by atoms with Crippen LogP contribution in [0, 0.1) is 0 Å². The molecule has 0 aromatic carbocycles. The van der Waals surface area contributed by atoms with E-state index in [-0.39, 0.29) is 24.8 Å². The first-order valence-corrected chi connectivity index (χ1v) is 6.24. The van der Waals surface area contributed by atoms with Gasteiger partial charge in [0.2, 0.25) is 0 Å². The van der Waals surface area contributed by atoms with E-state index < -0.39 is 18.2 Å². The maximum absolute atomic E-state index is 11.9. The zero-order chi connectivity index (χ0) is 14.4. The number of likely N-dealkylation sites (N-methyl/N-ethyl adjacent to an activating group) is 1. The van der Waals surface area contributed by atoms with Crippen LogP contribution in [0.3, 0.4) is 0 Å². The van der Waals surface area contributed by atoms with Crippen LogP contribution in [0.15, 0.2) is 0 Å². The second-order valence-electron chi connectivity index (χ2n) is 4.34. The van der Waals surface area contributed by atoms with Gasteiger partial charge >= 0.3 is 11.9 Å². The van der Waals surface area contributed by atoms with Crippen molar-refractivity contribution in [2.45, 2.75) is 38.4 Å². The van der Waals surface area contributed by atoms with Crippen molar-refractivity contribution >= 4 is 17.8 Å². The number of hydrogen-bond acceptors (Lipinski definition) is 5. The first-order chi connectivity index (χ1) is 8.95. The molecule has 1 fully saturated rings. The highest BCUT2D eigenvalue weighted by Crippen LogP contribution is 2.21. The number of rotatable bonds is 6. The van der Waals surface area contributed by atoms with Gasteiger partial charge in [0.05, 0.1) is 13.0 Å². The van der Waals surface area contributed by atoms with Crippen LogP contribution in [-0.4, -0.2) is 60.3 Å². The van der Waals surface area contributed by atoms with Crippen LogP contribution in [0.5, 0.6) is 0 Å². The standard InChI is InChI=1S/C12H19NO6/c1-3-18-10(14)6-7-13(2)11(15)8-4-5-9(19-8)12(16)17/h8-9H,3-7H2,1-2H3,(H,16,17)/t8-,9+/m0/s1. The molecule has 1 heterocycles. The molecule has 1 rings (SSSR count). The molecule has 0 spiro atoms. The molecule has 0 aromatic rings. The van der Waals surface area contributed by atoms with Crippen LogP contribution in [-0.2, 0) is 23.9 Å². The van der Waals surface area contributed by atoms with Crippen LogP contribution < -0.4 is 0 Å². The Morgan fingerprint density at radius 1 is 1.32 bits per heavy atom. The number of esters is 1. The Labute approximate surface area is 111 Å². The third-order valence-electron chi connectivity index (χ3n) is 2.90. The number of nitrogens with zero attached hydrogens (tertiary/aromatic N) is 1. The first-order valence-electron chi connectivity index (χ1n) is 6.24. The van der Waals surface area contributed by atoms with E-state index in [0.29, 0.717) is 19.4 Å². The first kappa shape index (κ1) is 15.4. The van der Waals surface area contributed by atoms with Gasteiger partial charge in [-0.15, -0.1) is 0 Å². The van der Waals surface area contributed by atoms with E-state index in [2.05, 4.69) is 0 Å². The summed E-state index contributed by atoms with van der Waals surface area (Å²) in [6, 6.07) is 0. The van der Waals surface area contributed by atoms with Crippen molar-refractivity contribution < 1.29 is 29.0 Å². The summed E-state index contributed by atoms with van der Waals surface area (Å²) in [6.45, 7) is 2.25. The number of aliphatic carboxylic acids is 1. The van der Waals surface area contributed by atoms with E-state index in [4.69, 9.17) is 14.6 Å². The summed E-state index contributed by atoms with van der Waals surface area (Å²) < 4.78 is 9.91. The van der Waals surface area contributed by atoms with Gasteiger partial charge in [0.1, 0.15) is 6.10 Å². The monoisotopic (exact) mass is 273 g/mol. The average molecular weight is 273 g/mol. The van der Waals surface area contributed by atoms with Gasteiger partial charge in [-0.25, -0.2) is 4.79 Å². The maximum Gasteiger partial charge on any atom is 0.332 e. The fraction of sp³-hybridized carbons (Fsp3) is 0.750. The molecule has 1 aliphatic heterocycles. The molecular weight excluding hydrogens is 254 g/mol. The van der Waals surface area contributed by atoms with Gasteiger partial charge in [-0.1, -0.05) is 0 Å². The van der Waals surface area contributed by atoms with E-state index in [9.17, 15) is 14.4 Å². The van der Waals surface area contributed by atoms with E-state index in [1.54, 1.807) is 14.0 Å². The smallest absolute Gasteiger partial charge is 0.332 e. The zero-order valence-corrected chi connectivity index (χ0v) is 11.1. The van der Waals surface area contributed by atoms with E-state index >= 15 is 0 Å². The topological polar surface area (TPSA) is 93.1 Å². The van der Waals surface area contributed by atoms with Gasteiger partial charge in [-0.2, -0.15) is 0 Å². The highest BCUT2D eigenvalue weighted by molar-refractivity contribution is 5.83. The lowest BCUT2D eigenvalue weighted by Gasteiger charge is -2.20. The number of carbonyl (C=O) groups is 3. The number of carboxylic acids is 1. The highest BCUT2D eigenvalue weighted by Gasteiger charge is 2.35. The molecule has 0 bridgehead atoms. The van der Waals surface area contributed by atoms with Crippen molar-refractivity contribution in [2.24, 2.45) is 0 Å². The zero-order valence-electron chi connectivity index (χ0n) is 11.1. The molecule has 0 saturated carbocycles. The Bertz CT molecular complexity index is 356. The van der Waals surface area contributed by atoms with E-state index in [1.165, 1.54) is 4.90 Å². The van der Waals surface area contributed by atoms with Crippen molar-refractivity contribution in [3.63, 3.8) is 0 Å². The molecule has 2 atom stereocenters. The Morgan fingerprint density at radius 2 is 1.95 bits per heavy atom. The number of ether oxygens (including phenoxy) is 2. The van der Waals surface area contributed by atoms with Gasteiger partial charge < -0.3 is 19.5 Å². The minimum Gasteiger partial charge on any atom is -0.479 e. The van der Waals surface area contributed by atoms with Crippen molar-refractivity contribution in [1.29, 1.82) is 0 Å². The van der Waals surface area contributed by atoms with Gasteiger partial charge in [0.25, 0.3) is 5.91 Å². The van der Waals surface area contributed by atoms with Crippen LogP contribution >= 0.6 is 0 Å². The predicted octanol–water partition coefficient (Wildman–Crippen LogP) is 0.0302. The second kappa shape index (κ2) is 7.08. The van der Waals surface area contributed by atoms with Crippen molar-refractivity contribution in [3.8, 4) is 0 Å². The van der Waals surface area contributed by atoms with Crippen LogP contribution in [0.25, 0.3) is 0 Å². The van der Waals surface area contributed by atoms with E-state index in [1.807, 2.05) is 0 Å². The van der Waals surface area contributed by atoms with Crippen molar-refractivity contribution in [2.75, 3.05) is 20.2 Å². The number of carbonyl (C=O) groups excluding carboxylic acids is 2. The summed E-state index contributed by atoms with van der Waals surface area (Å²) in [4.78, 5) is 35.2. The minimum atomic E-state index is -1.05. The quantitative estimate of drug-likeness (QED) is 0.686. The normalized spacial score (nSPS) is 22.0. The summed E-state index contributed by atoms with van der Waals surface area (Å²) >= 11 is 0. The number of hydrogen-bond donors (Lipinski definition) is 1. The van der Waals surface area contributed by atoms with E-state index in [0.717, 1.165) is 0 Å². The van der Waals surface area contributed by atoms with Gasteiger partial charge in [0, 0.05) is 13.6 Å². The molecule has 1 N–H and O–H groups in total. The van der Waals surface area contributed by atoms with Crippen molar-refractivity contribution in [3.05, 3.63) is 0 Å². The molecule has 19 heavy (non-hydrogen) atoms. The predicted molar refractivity (Wildman–Crippen MR) is 64.4 cm³/mol. The molecule has 108 valence electrons. The maximum atomic E-state index is 11.9. The molecule has 0 aliphatic carbocycles. The second-order valence-corrected chi connectivity index (χ2v) is 4.34. The van der Waals surface area contributed by atoms with Crippen LogP contribution in [0.1, 0.15) is 26.2 Å². The molecule has 0 radical (unpaired) electrons. The molecule has 7 heteroatoms. The fourth-order valence-corrected chi connectivity index (χ4v) is 1.85. The van der Waals surface area contributed by atoms with Crippen molar-refractivity contribution in [1.82, 2.24) is 4.90 Å². The SMILES string of the molecule is CCOC(=O)CCN(C)C(=O)[C@@H]1CC[C@H](C(=O)O)O1. The molecule has 0 unspecified atom stereocenters. The Morgan fingerprint density at radius 3 is 2.47 bits per heavy atom. The number of amides is 1. The van der Waals surface area contributed by atoms with Crippen LogP contribution in [0.4, 0.5) is 0 Å². The highest BCUT2D eigenvalue weighted by atomic mass is 16.5. The fourth-order valence-electron chi connectivity index (χ4n) is 1.85. The Balaban J connectivity index is 2.37. The largest absolute Gasteiger partial charge is 0.479 e. The summed E-state index contributed by atoms with van der Waals surface area (Å²) in [5, 5.41) is 8.78. The summed E-state index contributed by atoms with van der Waals surface area (Å²) in [5.74, 6) is -1.71. The molecule has 7 nitrogen and oxygen atoms in total. The lowest BCUT2D eigenvalue weighted by atomic mass is 10.2. The Hall–Kier alpha value is -1.63. The summed E-state index contributed by atoms with van der Waals surface area (Å²) in [6.07, 6.45) is -0.803. The summed E-state index contributed by atoms with van der Waals surface area (Å²) in [5.41, 5.74) is 0. The lowest BCUT2D eigenvalue weighted by Crippen LogP contribution is -2.38. The molecule has 1 aliphatic rings.